The van der Waals surface area contributed by atoms with Gasteiger partial charge in [0.15, 0.2) is 5.78 Å². The van der Waals surface area contributed by atoms with Gasteiger partial charge in [-0.05, 0) is 52.7 Å². The Balaban J connectivity index is 1.82. The Morgan fingerprint density at radius 3 is 2.36 bits per heavy atom. The first-order valence-electron chi connectivity index (χ1n) is 6.98. The summed E-state index contributed by atoms with van der Waals surface area (Å²) in [4.78, 5) is 12.1. The predicted molar refractivity (Wildman–Crippen MR) is 88.5 cm³/mol. The predicted octanol–water partition coefficient (Wildman–Crippen LogP) is 4.61. The first-order valence-corrected chi connectivity index (χ1v) is 6.98. The van der Waals surface area contributed by atoms with E-state index in [4.69, 9.17) is 5.26 Å². The molecule has 0 unspecified atom stereocenters. The van der Waals surface area contributed by atoms with Gasteiger partial charge in [0.2, 0.25) is 0 Å². The highest BCUT2D eigenvalue weighted by atomic mass is 16.1. The van der Waals surface area contributed by atoms with Crippen LogP contribution >= 0.6 is 0 Å². The van der Waals surface area contributed by atoms with Crippen LogP contribution in [-0.2, 0) is 0 Å². The first-order chi connectivity index (χ1) is 10.8. The van der Waals surface area contributed by atoms with Crippen molar-refractivity contribution >= 4 is 22.6 Å². The molecule has 2 nitrogen and oxygen atoms in total. The number of hydrogen-bond donors (Lipinski definition) is 0. The molecular weight excluding hydrogens is 270 g/mol. The molecule has 0 spiro atoms. The van der Waals surface area contributed by atoms with E-state index in [1.54, 1.807) is 30.3 Å². The molecule has 0 aliphatic carbocycles. The molecule has 0 heterocycles. The van der Waals surface area contributed by atoms with Gasteiger partial charge < -0.3 is 0 Å². The van der Waals surface area contributed by atoms with Gasteiger partial charge in [-0.1, -0.05) is 42.5 Å². The Morgan fingerprint density at radius 2 is 1.64 bits per heavy atom. The van der Waals surface area contributed by atoms with Crippen LogP contribution in [0.2, 0.25) is 0 Å². The number of hydrogen-bond acceptors (Lipinski definition) is 2. The van der Waals surface area contributed by atoms with Gasteiger partial charge in [-0.3, -0.25) is 4.79 Å². The van der Waals surface area contributed by atoms with Gasteiger partial charge in [0.05, 0.1) is 11.6 Å². The van der Waals surface area contributed by atoms with Gasteiger partial charge in [-0.2, -0.15) is 5.26 Å². The molecule has 0 aliphatic heterocycles. The largest absolute Gasteiger partial charge is 0.289 e. The maximum Gasteiger partial charge on any atom is 0.185 e. The number of benzene rings is 3. The fourth-order valence-corrected chi connectivity index (χ4v) is 2.29. The molecule has 0 aliphatic rings. The molecule has 22 heavy (non-hydrogen) atoms. The zero-order chi connectivity index (χ0) is 15.4. The van der Waals surface area contributed by atoms with Crippen LogP contribution < -0.4 is 0 Å². The molecule has 0 saturated heterocycles. The third-order valence-electron chi connectivity index (χ3n) is 3.50. The van der Waals surface area contributed by atoms with Crippen LogP contribution in [0.5, 0.6) is 0 Å². The van der Waals surface area contributed by atoms with Crippen LogP contribution in [-0.4, -0.2) is 5.78 Å². The molecule has 3 rings (SSSR count). The highest BCUT2D eigenvalue weighted by Crippen LogP contribution is 2.16. The molecule has 0 bridgehead atoms. The highest BCUT2D eigenvalue weighted by molar-refractivity contribution is 6.07. The summed E-state index contributed by atoms with van der Waals surface area (Å²) >= 11 is 0. The molecule has 0 amide bonds. The summed E-state index contributed by atoms with van der Waals surface area (Å²) in [6, 6.07) is 22.9. The maximum absolute atomic E-state index is 12.1. The lowest BCUT2D eigenvalue weighted by Crippen LogP contribution is -1.93. The van der Waals surface area contributed by atoms with Crippen LogP contribution in [0, 0.1) is 11.3 Å². The normalized spacial score (nSPS) is 10.7. The first kappa shape index (κ1) is 13.8. The van der Waals surface area contributed by atoms with Gasteiger partial charge >= 0.3 is 0 Å². The van der Waals surface area contributed by atoms with Crippen LogP contribution in [0.3, 0.4) is 0 Å². The Labute approximate surface area is 128 Å². The third-order valence-corrected chi connectivity index (χ3v) is 3.50. The van der Waals surface area contributed by atoms with E-state index >= 15 is 0 Å². The number of nitriles is 1. The van der Waals surface area contributed by atoms with E-state index in [-0.39, 0.29) is 5.78 Å². The summed E-state index contributed by atoms with van der Waals surface area (Å²) < 4.78 is 0. The van der Waals surface area contributed by atoms with Gasteiger partial charge in [-0.15, -0.1) is 0 Å². The smallest absolute Gasteiger partial charge is 0.185 e. The lowest BCUT2D eigenvalue weighted by atomic mass is 10.0. The molecular formula is C20H13NO. The lowest BCUT2D eigenvalue weighted by Gasteiger charge is -1.99. The molecule has 0 radical (unpaired) electrons. The molecule has 0 N–H and O–H groups in total. The van der Waals surface area contributed by atoms with Crippen molar-refractivity contribution in [2.24, 2.45) is 0 Å². The van der Waals surface area contributed by atoms with E-state index in [1.807, 2.05) is 36.4 Å². The molecule has 3 aromatic carbocycles. The number of rotatable bonds is 3. The second-order valence-corrected chi connectivity index (χ2v) is 4.99. The van der Waals surface area contributed by atoms with E-state index in [0.29, 0.717) is 11.1 Å². The van der Waals surface area contributed by atoms with Crippen molar-refractivity contribution in [1.29, 1.82) is 5.26 Å². The zero-order valence-corrected chi connectivity index (χ0v) is 11.9. The van der Waals surface area contributed by atoms with E-state index < -0.39 is 0 Å². The fraction of sp³-hybridized carbons (Fsp3) is 0. The molecule has 3 aromatic rings. The second-order valence-electron chi connectivity index (χ2n) is 4.99. The van der Waals surface area contributed by atoms with Crippen LogP contribution in [0.1, 0.15) is 21.5 Å². The Kier molecular flexibility index (Phi) is 3.80. The summed E-state index contributed by atoms with van der Waals surface area (Å²) in [5.41, 5.74) is 2.12. The van der Waals surface area contributed by atoms with Crippen molar-refractivity contribution in [2.45, 2.75) is 0 Å². The molecule has 0 fully saturated rings. The van der Waals surface area contributed by atoms with Gasteiger partial charge in [0, 0.05) is 5.56 Å². The summed E-state index contributed by atoms with van der Waals surface area (Å²) in [6.07, 6.45) is 3.37. The number of fused-ring (bicyclic) bond motifs is 1. The standard InChI is InChI=1S/C20H13NO/c21-14-16-6-10-18(11-7-16)20(22)12-8-15-5-9-17-3-1-2-4-19(17)13-15/h1-13H. The minimum absolute atomic E-state index is 0.0716. The number of allylic oxidation sites excluding steroid dienone is 1. The Bertz CT molecular complexity index is 899. The Morgan fingerprint density at radius 1 is 0.909 bits per heavy atom. The quantitative estimate of drug-likeness (QED) is 0.520. The number of nitrogens with zero attached hydrogens (tertiary/aromatic N) is 1. The molecule has 104 valence electrons. The average Bonchev–Trinajstić information content (AvgIpc) is 2.59. The van der Waals surface area contributed by atoms with Crippen molar-refractivity contribution in [2.75, 3.05) is 0 Å². The summed E-state index contributed by atoms with van der Waals surface area (Å²) in [5, 5.41) is 11.1. The molecule has 0 saturated carbocycles. The van der Waals surface area contributed by atoms with Crippen molar-refractivity contribution in [1.82, 2.24) is 0 Å². The van der Waals surface area contributed by atoms with Crippen LogP contribution in [0.25, 0.3) is 16.8 Å². The van der Waals surface area contributed by atoms with E-state index in [2.05, 4.69) is 18.2 Å². The van der Waals surface area contributed by atoms with E-state index in [9.17, 15) is 4.79 Å². The van der Waals surface area contributed by atoms with Crippen molar-refractivity contribution in [3.8, 4) is 6.07 Å². The Hall–Kier alpha value is -3.18. The summed E-state index contributed by atoms with van der Waals surface area (Å²) in [6.45, 7) is 0. The summed E-state index contributed by atoms with van der Waals surface area (Å²) in [5.74, 6) is -0.0716. The second kappa shape index (κ2) is 6.07. The minimum atomic E-state index is -0.0716. The SMILES string of the molecule is N#Cc1ccc(C(=O)C=Cc2ccc3ccccc3c2)cc1. The third kappa shape index (κ3) is 2.94. The minimum Gasteiger partial charge on any atom is -0.289 e. The summed E-state index contributed by atoms with van der Waals surface area (Å²) in [7, 11) is 0. The van der Waals surface area contributed by atoms with Crippen LogP contribution in [0.15, 0.2) is 72.8 Å². The molecule has 0 atom stereocenters. The number of carbonyl (C=O) groups is 1. The van der Waals surface area contributed by atoms with Crippen molar-refractivity contribution in [3.63, 3.8) is 0 Å². The highest BCUT2D eigenvalue weighted by Gasteiger charge is 2.01. The molecule has 2 heteroatoms. The monoisotopic (exact) mass is 283 g/mol. The van der Waals surface area contributed by atoms with Gasteiger partial charge in [0.25, 0.3) is 0 Å². The van der Waals surface area contributed by atoms with Crippen molar-refractivity contribution in [3.05, 3.63) is 89.5 Å². The topological polar surface area (TPSA) is 40.9 Å². The zero-order valence-electron chi connectivity index (χ0n) is 11.9. The van der Waals surface area contributed by atoms with Gasteiger partial charge in [0.1, 0.15) is 0 Å². The van der Waals surface area contributed by atoms with E-state index in [0.717, 1.165) is 10.9 Å². The average molecular weight is 283 g/mol. The van der Waals surface area contributed by atoms with Gasteiger partial charge in [-0.25, -0.2) is 0 Å². The van der Waals surface area contributed by atoms with Crippen molar-refractivity contribution < 1.29 is 4.79 Å². The number of ketones is 1. The lowest BCUT2D eigenvalue weighted by molar-refractivity contribution is 0.104. The fourth-order valence-electron chi connectivity index (χ4n) is 2.29. The maximum atomic E-state index is 12.1. The molecule has 0 aromatic heterocycles. The number of carbonyl (C=O) groups excluding carboxylic acids is 1. The van der Waals surface area contributed by atoms with E-state index in [1.165, 1.54) is 5.39 Å². The van der Waals surface area contributed by atoms with Crippen LogP contribution in [0.4, 0.5) is 0 Å².